The van der Waals surface area contributed by atoms with Crippen LogP contribution in [-0.2, 0) is 16.1 Å². The van der Waals surface area contributed by atoms with Crippen LogP contribution in [0.1, 0.15) is 37.5 Å². The van der Waals surface area contributed by atoms with Crippen molar-refractivity contribution in [2.45, 2.75) is 53.2 Å². The van der Waals surface area contributed by atoms with Gasteiger partial charge in [0.1, 0.15) is 11.8 Å². The van der Waals surface area contributed by atoms with Crippen molar-refractivity contribution in [1.29, 1.82) is 0 Å². The Morgan fingerprint density at radius 2 is 1.66 bits per heavy atom. The molecule has 2 rings (SSSR count). The van der Waals surface area contributed by atoms with Gasteiger partial charge in [0.25, 0.3) is 5.91 Å². The smallest absolute Gasteiger partial charge is 0.261 e. The Hall–Kier alpha value is -2.53. The lowest BCUT2D eigenvalue weighted by atomic mass is 10.1. The van der Waals surface area contributed by atoms with E-state index in [0.717, 1.165) is 16.7 Å². The normalized spacial score (nSPS) is 11.8. The molecular formula is C23H29ClN2O3. The van der Waals surface area contributed by atoms with Crippen LogP contribution in [0.15, 0.2) is 42.5 Å². The fraction of sp³-hybridized carbons (Fsp3) is 0.391. The Kier molecular flexibility index (Phi) is 8.09. The predicted molar refractivity (Wildman–Crippen MR) is 116 cm³/mol. The minimum absolute atomic E-state index is 0.00473. The van der Waals surface area contributed by atoms with E-state index in [9.17, 15) is 9.59 Å². The van der Waals surface area contributed by atoms with Crippen molar-refractivity contribution in [2.24, 2.45) is 0 Å². The molecule has 0 unspecified atom stereocenters. The van der Waals surface area contributed by atoms with E-state index in [1.54, 1.807) is 24.0 Å². The Bertz CT molecular complexity index is 829. The first-order chi connectivity index (χ1) is 13.7. The standard InChI is InChI=1S/C23H29ClN2O3/c1-15(2)25-23(28)18(5)26(13-19-9-7-6-8-10-19)21(27)14-29-20-11-16(3)22(24)17(4)12-20/h6-12,15,18H,13-14H2,1-5H3,(H,25,28)/t18-/m0/s1. The molecule has 0 heterocycles. The van der Waals surface area contributed by atoms with Crippen LogP contribution in [0.25, 0.3) is 0 Å². The maximum absolute atomic E-state index is 13.0. The molecule has 0 saturated carbocycles. The lowest BCUT2D eigenvalue weighted by Crippen LogP contribution is -2.50. The molecular weight excluding hydrogens is 388 g/mol. The third kappa shape index (κ3) is 6.50. The summed E-state index contributed by atoms with van der Waals surface area (Å²) < 4.78 is 5.73. The number of nitrogens with one attached hydrogen (secondary N) is 1. The van der Waals surface area contributed by atoms with Gasteiger partial charge in [0.15, 0.2) is 6.61 Å². The molecule has 1 N–H and O–H groups in total. The van der Waals surface area contributed by atoms with Crippen LogP contribution in [0.3, 0.4) is 0 Å². The molecule has 5 nitrogen and oxygen atoms in total. The number of carbonyl (C=O) groups is 2. The van der Waals surface area contributed by atoms with Gasteiger partial charge in [-0.05, 0) is 63.4 Å². The van der Waals surface area contributed by atoms with Crippen molar-refractivity contribution in [3.05, 3.63) is 64.2 Å². The number of amides is 2. The van der Waals surface area contributed by atoms with E-state index in [4.69, 9.17) is 16.3 Å². The number of hydrogen-bond donors (Lipinski definition) is 1. The van der Waals surface area contributed by atoms with Crippen molar-refractivity contribution in [1.82, 2.24) is 10.2 Å². The summed E-state index contributed by atoms with van der Waals surface area (Å²) in [4.78, 5) is 27.1. The largest absolute Gasteiger partial charge is 0.484 e. The predicted octanol–water partition coefficient (Wildman–Crippen LogP) is 4.28. The SMILES string of the molecule is Cc1cc(OCC(=O)N(Cc2ccccc2)[C@@H](C)C(=O)NC(C)C)cc(C)c1Cl. The van der Waals surface area contributed by atoms with E-state index in [0.29, 0.717) is 17.3 Å². The van der Waals surface area contributed by atoms with Crippen molar-refractivity contribution < 1.29 is 14.3 Å². The molecule has 0 bridgehead atoms. The third-order valence-electron chi connectivity index (χ3n) is 4.57. The molecule has 2 amide bonds. The molecule has 2 aromatic rings. The number of benzene rings is 2. The fourth-order valence-electron chi connectivity index (χ4n) is 2.99. The molecule has 0 aliphatic heterocycles. The van der Waals surface area contributed by atoms with Gasteiger partial charge in [-0.1, -0.05) is 41.9 Å². The van der Waals surface area contributed by atoms with E-state index in [-0.39, 0.29) is 24.5 Å². The van der Waals surface area contributed by atoms with Crippen LogP contribution in [0, 0.1) is 13.8 Å². The zero-order valence-corrected chi connectivity index (χ0v) is 18.4. The molecule has 0 spiro atoms. The second kappa shape index (κ2) is 10.3. The van der Waals surface area contributed by atoms with E-state index in [1.807, 2.05) is 58.0 Å². The minimum Gasteiger partial charge on any atom is -0.484 e. The van der Waals surface area contributed by atoms with Gasteiger partial charge in [-0.2, -0.15) is 0 Å². The molecule has 0 aromatic heterocycles. The van der Waals surface area contributed by atoms with Gasteiger partial charge in [0, 0.05) is 17.6 Å². The molecule has 6 heteroatoms. The van der Waals surface area contributed by atoms with Crippen LogP contribution in [-0.4, -0.2) is 35.4 Å². The Morgan fingerprint density at radius 1 is 1.07 bits per heavy atom. The van der Waals surface area contributed by atoms with Crippen LogP contribution >= 0.6 is 11.6 Å². The zero-order chi connectivity index (χ0) is 21.6. The number of ether oxygens (including phenoxy) is 1. The van der Waals surface area contributed by atoms with Crippen LogP contribution in [0.5, 0.6) is 5.75 Å². The lowest BCUT2D eigenvalue weighted by molar-refractivity contribution is -0.142. The fourth-order valence-corrected chi connectivity index (χ4v) is 3.09. The summed E-state index contributed by atoms with van der Waals surface area (Å²) in [6, 6.07) is 12.6. The molecule has 1 atom stereocenters. The number of carbonyl (C=O) groups excluding carboxylic acids is 2. The number of nitrogens with zero attached hydrogens (tertiary/aromatic N) is 1. The summed E-state index contributed by atoms with van der Waals surface area (Å²) in [5.74, 6) is 0.129. The molecule has 0 saturated heterocycles. The molecule has 156 valence electrons. The maximum Gasteiger partial charge on any atom is 0.261 e. The first-order valence-electron chi connectivity index (χ1n) is 9.72. The topological polar surface area (TPSA) is 58.6 Å². The lowest BCUT2D eigenvalue weighted by Gasteiger charge is -2.29. The highest BCUT2D eigenvalue weighted by Crippen LogP contribution is 2.26. The Morgan fingerprint density at radius 3 is 2.21 bits per heavy atom. The quantitative estimate of drug-likeness (QED) is 0.698. The number of aryl methyl sites for hydroxylation is 2. The average molecular weight is 417 g/mol. The maximum atomic E-state index is 13.0. The zero-order valence-electron chi connectivity index (χ0n) is 17.7. The first kappa shape index (κ1) is 22.8. The van der Waals surface area contributed by atoms with E-state index < -0.39 is 6.04 Å². The van der Waals surface area contributed by atoms with Gasteiger partial charge < -0.3 is 15.0 Å². The Labute approximate surface area is 178 Å². The molecule has 0 aliphatic carbocycles. The molecule has 0 aliphatic rings. The second-order valence-electron chi connectivity index (χ2n) is 7.51. The van der Waals surface area contributed by atoms with E-state index in [1.165, 1.54) is 0 Å². The number of halogens is 1. The van der Waals surface area contributed by atoms with Crippen molar-refractivity contribution >= 4 is 23.4 Å². The Balaban J connectivity index is 2.16. The minimum atomic E-state index is -0.623. The van der Waals surface area contributed by atoms with Gasteiger partial charge in [-0.25, -0.2) is 0 Å². The summed E-state index contributed by atoms with van der Waals surface area (Å²) >= 11 is 6.20. The van der Waals surface area contributed by atoms with Gasteiger partial charge >= 0.3 is 0 Å². The van der Waals surface area contributed by atoms with Crippen molar-refractivity contribution in [3.8, 4) is 5.75 Å². The summed E-state index contributed by atoms with van der Waals surface area (Å²) in [6.07, 6.45) is 0. The van der Waals surface area contributed by atoms with E-state index >= 15 is 0 Å². The van der Waals surface area contributed by atoms with Gasteiger partial charge in [0.05, 0.1) is 0 Å². The van der Waals surface area contributed by atoms with Crippen molar-refractivity contribution in [3.63, 3.8) is 0 Å². The summed E-state index contributed by atoms with van der Waals surface area (Å²) in [5, 5.41) is 3.56. The van der Waals surface area contributed by atoms with Crippen molar-refractivity contribution in [2.75, 3.05) is 6.61 Å². The van der Waals surface area contributed by atoms with Crippen LogP contribution in [0.4, 0.5) is 0 Å². The number of rotatable bonds is 8. The number of hydrogen-bond acceptors (Lipinski definition) is 3. The van der Waals surface area contributed by atoms with Crippen LogP contribution < -0.4 is 10.1 Å². The first-order valence-corrected chi connectivity index (χ1v) is 10.1. The highest BCUT2D eigenvalue weighted by atomic mass is 35.5. The third-order valence-corrected chi connectivity index (χ3v) is 5.16. The average Bonchev–Trinajstić information content (AvgIpc) is 2.68. The monoisotopic (exact) mass is 416 g/mol. The molecule has 0 fully saturated rings. The summed E-state index contributed by atoms with van der Waals surface area (Å²) in [5.41, 5.74) is 2.73. The van der Waals surface area contributed by atoms with Gasteiger partial charge in [-0.3, -0.25) is 9.59 Å². The highest BCUT2D eigenvalue weighted by Gasteiger charge is 2.26. The summed E-state index contributed by atoms with van der Waals surface area (Å²) in [7, 11) is 0. The van der Waals surface area contributed by atoms with E-state index in [2.05, 4.69) is 5.32 Å². The molecule has 29 heavy (non-hydrogen) atoms. The van der Waals surface area contributed by atoms with Crippen LogP contribution in [0.2, 0.25) is 5.02 Å². The molecule has 0 radical (unpaired) electrons. The van der Waals surface area contributed by atoms with Gasteiger partial charge in [-0.15, -0.1) is 0 Å². The second-order valence-corrected chi connectivity index (χ2v) is 7.88. The summed E-state index contributed by atoms with van der Waals surface area (Å²) in [6.45, 7) is 9.47. The van der Waals surface area contributed by atoms with Gasteiger partial charge in [0.2, 0.25) is 5.91 Å². The highest BCUT2D eigenvalue weighted by molar-refractivity contribution is 6.32. The molecule has 2 aromatic carbocycles.